The van der Waals surface area contributed by atoms with Gasteiger partial charge in [0.1, 0.15) is 11.5 Å². The van der Waals surface area contributed by atoms with Crippen molar-refractivity contribution >= 4 is 40.4 Å². The SMILES string of the molecule is COc1ccc(O)c(C2C3=CCC4C(=O)N(c5ccc(C(=O)c6ccccc6)cc5)C(=O)C4C3CC3C(=O)C(c4ccccc4)=CC(=O)C32c2ccccc2)c1. The molecule has 0 spiro atoms. The minimum Gasteiger partial charge on any atom is -0.508 e. The lowest BCUT2D eigenvalue weighted by Crippen LogP contribution is -2.58. The highest BCUT2D eigenvalue weighted by atomic mass is 16.5. The number of ether oxygens (including phenoxy) is 1. The number of imide groups is 1. The van der Waals surface area contributed by atoms with Gasteiger partial charge in [0.05, 0.1) is 30.0 Å². The molecule has 0 radical (unpaired) electrons. The molecule has 9 rings (SSSR count). The van der Waals surface area contributed by atoms with Gasteiger partial charge < -0.3 is 9.84 Å². The molecular weight excluding hydrogens is 703 g/mol. The van der Waals surface area contributed by atoms with Gasteiger partial charge >= 0.3 is 0 Å². The van der Waals surface area contributed by atoms with Crippen molar-refractivity contribution in [2.45, 2.75) is 24.2 Å². The van der Waals surface area contributed by atoms with E-state index >= 15 is 9.59 Å². The van der Waals surface area contributed by atoms with Gasteiger partial charge in [0, 0.05) is 34.1 Å². The highest BCUT2D eigenvalue weighted by Gasteiger charge is 2.66. The number of fused-ring (bicyclic) bond motifs is 4. The summed E-state index contributed by atoms with van der Waals surface area (Å²) in [5.74, 6) is -5.03. The number of hydrogen-bond donors (Lipinski definition) is 1. The lowest BCUT2D eigenvalue weighted by molar-refractivity contribution is -0.135. The molecule has 4 aliphatic rings. The number of amides is 2. The van der Waals surface area contributed by atoms with Crippen molar-refractivity contribution < 1.29 is 33.8 Å². The van der Waals surface area contributed by atoms with Crippen LogP contribution in [0.15, 0.2) is 151 Å². The number of aromatic hydroxyl groups is 1. The van der Waals surface area contributed by atoms with E-state index in [-0.39, 0.29) is 41.8 Å². The second-order valence-corrected chi connectivity index (χ2v) is 15.0. The van der Waals surface area contributed by atoms with Gasteiger partial charge in [-0.05, 0) is 78.4 Å². The molecule has 5 aromatic rings. The van der Waals surface area contributed by atoms with Crippen molar-refractivity contribution in [1.82, 2.24) is 0 Å². The fourth-order valence-electron chi connectivity index (χ4n) is 9.88. The lowest BCUT2D eigenvalue weighted by Gasteiger charge is -2.55. The minimum atomic E-state index is -1.48. The number of methoxy groups -OCH3 is 1. The van der Waals surface area contributed by atoms with Crippen LogP contribution in [0.1, 0.15) is 51.4 Å². The van der Waals surface area contributed by atoms with Crippen LogP contribution in [0.25, 0.3) is 5.57 Å². The van der Waals surface area contributed by atoms with Crippen molar-refractivity contribution in [3.63, 3.8) is 0 Å². The average Bonchev–Trinajstić information content (AvgIpc) is 3.51. The summed E-state index contributed by atoms with van der Waals surface area (Å²) in [4.78, 5) is 73.8. The van der Waals surface area contributed by atoms with Crippen LogP contribution < -0.4 is 9.64 Å². The number of hydrogen-bond acceptors (Lipinski definition) is 7. The molecule has 56 heavy (non-hydrogen) atoms. The van der Waals surface area contributed by atoms with Gasteiger partial charge in [-0.2, -0.15) is 0 Å². The molecule has 8 heteroatoms. The molecule has 8 nitrogen and oxygen atoms in total. The first-order valence-electron chi connectivity index (χ1n) is 18.8. The summed E-state index contributed by atoms with van der Waals surface area (Å²) in [6.07, 6.45) is 3.78. The molecule has 1 saturated carbocycles. The largest absolute Gasteiger partial charge is 0.508 e. The third-order valence-electron chi connectivity index (χ3n) is 12.3. The summed E-state index contributed by atoms with van der Waals surface area (Å²) in [6.45, 7) is 0. The Morgan fingerprint density at radius 1 is 0.750 bits per heavy atom. The summed E-state index contributed by atoms with van der Waals surface area (Å²) < 4.78 is 5.63. The van der Waals surface area contributed by atoms with Crippen molar-refractivity contribution in [3.05, 3.63) is 179 Å². The summed E-state index contributed by atoms with van der Waals surface area (Å²) in [6, 6.07) is 38.6. The average molecular weight is 740 g/mol. The maximum Gasteiger partial charge on any atom is 0.238 e. The highest BCUT2D eigenvalue weighted by molar-refractivity contribution is 6.32. The quantitative estimate of drug-likeness (QED) is 0.104. The summed E-state index contributed by atoms with van der Waals surface area (Å²) in [5, 5.41) is 11.7. The molecule has 3 aliphatic carbocycles. The Labute approximate surface area is 323 Å². The Hall–Kier alpha value is -6.67. The Balaban J connectivity index is 1.19. The minimum absolute atomic E-state index is 0.0767. The van der Waals surface area contributed by atoms with Crippen molar-refractivity contribution in [2.24, 2.45) is 23.7 Å². The number of phenols is 1. The molecule has 1 aliphatic heterocycles. The van der Waals surface area contributed by atoms with E-state index in [0.29, 0.717) is 44.8 Å². The molecule has 1 saturated heterocycles. The molecule has 1 heterocycles. The predicted molar refractivity (Wildman–Crippen MR) is 210 cm³/mol. The van der Waals surface area contributed by atoms with Crippen molar-refractivity contribution in [2.75, 3.05) is 12.0 Å². The second-order valence-electron chi connectivity index (χ2n) is 15.0. The van der Waals surface area contributed by atoms with Crippen LogP contribution in [0.2, 0.25) is 0 Å². The van der Waals surface area contributed by atoms with E-state index in [1.54, 1.807) is 72.8 Å². The van der Waals surface area contributed by atoms with Crippen LogP contribution in [-0.2, 0) is 24.6 Å². The predicted octanol–water partition coefficient (Wildman–Crippen LogP) is 7.66. The number of nitrogens with zero attached hydrogens (tertiary/aromatic N) is 1. The number of phenolic OH excluding ortho intramolecular Hbond substituents is 1. The fourth-order valence-corrected chi connectivity index (χ4v) is 9.88. The summed E-state index contributed by atoms with van der Waals surface area (Å²) >= 11 is 0. The zero-order chi connectivity index (χ0) is 38.7. The van der Waals surface area contributed by atoms with Crippen LogP contribution in [0.4, 0.5) is 5.69 Å². The molecule has 5 aromatic carbocycles. The first-order chi connectivity index (χ1) is 27.2. The molecule has 2 amide bonds. The molecule has 6 atom stereocenters. The fraction of sp³-hybridized carbons (Fsp3) is 0.188. The first-order valence-corrected chi connectivity index (χ1v) is 18.8. The van der Waals surface area contributed by atoms with Gasteiger partial charge in [0.25, 0.3) is 0 Å². The van der Waals surface area contributed by atoms with Gasteiger partial charge in [0.2, 0.25) is 11.8 Å². The molecule has 6 unspecified atom stereocenters. The normalized spacial score (nSPS) is 25.4. The smallest absolute Gasteiger partial charge is 0.238 e. The molecular formula is C48H37NO7. The Bertz CT molecular complexity index is 2490. The number of carbonyl (C=O) groups excluding carboxylic acids is 5. The van der Waals surface area contributed by atoms with Crippen LogP contribution in [0.3, 0.4) is 0 Å². The molecule has 1 N–H and O–H groups in total. The van der Waals surface area contributed by atoms with E-state index in [0.717, 1.165) is 5.57 Å². The number of ketones is 3. The van der Waals surface area contributed by atoms with Gasteiger partial charge in [-0.15, -0.1) is 0 Å². The topological polar surface area (TPSA) is 118 Å². The van der Waals surface area contributed by atoms with Gasteiger partial charge in [-0.1, -0.05) is 103 Å². The Morgan fingerprint density at radius 3 is 2.07 bits per heavy atom. The summed E-state index contributed by atoms with van der Waals surface area (Å²) in [7, 11) is 1.52. The van der Waals surface area contributed by atoms with Gasteiger partial charge in [0.15, 0.2) is 17.3 Å². The third-order valence-corrected chi connectivity index (χ3v) is 12.3. The van der Waals surface area contributed by atoms with Crippen LogP contribution in [-0.4, -0.2) is 41.4 Å². The lowest BCUT2D eigenvalue weighted by atomic mass is 9.44. The standard InChI is InChI=1S/C48H37NO7/c1-56-33-21-24-40(50)38(25-33)43-34-22-23-35-42(47(55)49(46(35)54)32-19-17-30(18-20-32)44(52)29-13-7-3-8-14-29)37(34)26-39-45(53)36(28-11-5-2-6-12-28)27-41(51)48(39,43)31-15-9-4-10-16-31/h2-22,24-25,27,35,37,39,42-43,50H,23,26H2,1H3. The van der Waals surface area contributed by atoms with Gasteiger partial charge in [-0.3, -0.25) is 28.9 Å². The monoisotopic (exact) mass is 739 g/mol. The van der Waals surface area contributed by atoms with E-state index < -0.39 is 40.9 Å². The van der Waals surface area contributed by atoms with E-state index in [4.69, 9.17) is 4.74 Å². The number of benzene rings is 5. The van der Waals surface area contributed by atoms with Crippen LogP contribution >= 0.6 is 0 Å². The molecule has 276 valence electrons. The number of allylic oxidation sites excluding steroid dienone is 4. The number of Topliss-reactive ketones (excluding diaryl/α,β-unsaturated/α-hetero) is 1. The van der Waals surface area contributed by atoms with E-state index in [9.17, 15) is 19.5 Å². The van der Waals surface area contributed by atoms with Gasteiger partial charge in [-0.25, -0.2) is 0 Å². The van der Waals surface area contributed by atoms with Crippen molar-refractivity contribution in [3.8, 4) is 11.5 Å². The second kappa shape index (κ2) is 13.6. The Morgan fingerprint density at radius 2 is 1.39 bits per heavy atom. The van der Waals surface area contributed by atoms with Crippen LogP contribution in [0, 0.1) is 23.7 Å². The first kappa shape index (κ1) is 35.1. The number of rotatable bonds is 7. The van der Waals surface area contributed by atoms with E-state index in [2.05, 4.69) is 0 Å². The number of carbonyl (C=O) groups is 5. The highest BCUT2D eigenvalue weighted by Crippen LogP contribution is 2.64. The van der Waals surface area contributed by atoms with Crippen LogP contribution in [0.5, 0.6) is 11.5 Å². The molecule has 0 aromatic heterocycles. The summed E-state index contributed by atoms with van der Waals surface area (Å²) in [5.41, 5.74) is 2.49. The van der Waals surface area contributed by atoms with E-state index in [1.165, 1.54) is 24.2 Å². The zero-order valence-corrected chi connectivity index (χ0v) is 30.5. The third kappa shape index (κ3) is 5.23. The Kier molecular flexibility index (Phi) is 8.49. The molecule has 2 fully saturated rings. The number of anilines is 1. The van der Waals surface area contributed by atoms with Crippen molar-refractivity contribution in [1.29, 1.82) is 0 Å². The zero-order valence-electron chi connectivity index (χ0n) is 30.5. The van der Waals surface area contributed by atoms with E-state index in [1.807, 2.05) is 60.7 Å². The maximum absolute atomic E-state index is 15.2. The maximum atomic E-state index is 15.2. The molecule has 0 bridgehead atoms.